The Hall–Kier alpha value is -0.810. The molecule has 2 saturated heterocycles. The minimum Gasteiger partial charge on any atom is -0.381 e. The molecule has 1 saturated carbocycles. The molecule has 3 rings (SSSR count). The third-order valence-electron chi connectivity index (χ3n) is 5.60. The first-order chi connectivity index (χ1) is 11.3. The predicted molar refractivity (Wildman–Crippen MR) is 94.8 cm³/mol. The Labute approximate surface area is 141 Å². The van der Waals surface area contributed by atoms with Crippen molar-refractivity contribution in [3.05, 3.63) is 0 Å². The van der Waals surface area contributed by atoms with E-state index in [4.69, 9.17) is 4.74 Å². The number of likely N-dealkylation sites (tertiary alicyclic amines) is 1. The monoisotopic (exact) mass is 322 g/mol. The van der Waals surface area contributed by atoms with E-state index in [-0.39, 0.29) is 0 Å². The van der Waals surface area contributed by atoms with Crippen LogP contribution in [0.5, 0.6) is 0 Å². The number of nitrogens with zero attached hydrogens (tertiary/aromatic N) is 2. The molecule has 2 heterocycles. The van der Waals surface area contributed by atoms with Crippen LogP contribution < -0.4 is 10.6 Å². The molecular formula is C18H34N4O. The van der Waals surface area contributed by atoms with Crippen molar-refractivity contribution in [3.8, 4) is 0 Å². The van der Waals surface area contributed by atoms with Gasteiger partial charge in [0.05, 0.1) is 6.61 Å². The van der Waals surface area contributed by atoms with Gasteiger partial charge < -0.3 is 20.3 Å². The van der Waals surface area contributed by atoms with Gasteiger partial charge in [-0.2, -0.15) is 0 Å². The summed E-state index contributed by atoms with van der Waals surface area (Å²) in [6.07, 6.45) is 7.64. The molecule has 3 fully saturated rings. The number of hydrogen-bond donors (Lipinski definition) is 2. The molecule has 132 valence electrons. The standard InChI is InChI=1S/C18H34N4O/c1-3-4-15-11-17(15)21-18(19-2)20-16-5-8-22(9-6-16)12-14-7-10-23-13-14/h14-17H,3-13H2,1-2H3,(H2,19,20,21). The van der Waals surface area contributed by atoms with Crippen molar-refractivity contribution < 1.29 is 4.74 Å². The third kappa shape index (κ3) is 5.08. The molecule has 1 aliphatic carbocycles. The van der Waals surface area contributed by atoms with E-state index in [0.717, 1.165) is 31.0 Å². The van der Waals surface area contributed by atoms with Crippen LogP contribution >= 0.6 is 0 Å². The predicted octanol–water partition coefficient (Wildman–Crippen LogP) is 1.84. The maximum atomic E-state index is 5.49. The highest BCUT2D eigenvalue weighted by molar-refractivity contribution is 5.80. The third-order valence-corrected chi connectivity index (χ3v) is 5.60. The van der Waals surface area contributed by atoms with Crippen molar-refractivity contribution in [2.24, 2.45) is 16.8 Å². The lowest BCUT2D eigenvalue weighted by Crippen LogP contribution is -2.49. The Kier molecular flexibility index (Phi) is 6.17. The number of hydrogen-bond acceptors (Lipinski definition) is 3. The van der Waals surface area contributed by atoms with E-state index in [1.165, 1.54) is 58.2 Å². The van der Waals surface area contributed by atoms with Gasteiger partial charge in [-0.1, -0.05) is 13.3 Å². The van der Waals surface area contributed by atoms with Crippen LogP contribution in [0.15, 0.2) is 4.99 Å². The summed E-state index contributed by atoms with van der Waals surface area (Å²) in [6.45, 7) is 7.83. The van der Waals surface area contributed by atoms with Crippen LogP contribution in [0.2, 0.25) is 0 Å². The van der Waals surface area contributed by atoms with Gasteiger partial charge in [0.1, 0.15) is 0 Å². The molecule has 0 bridgehead atoms. The fourth-order valence-corrected chi connectivity index (χ4v) is 4.01. The quantitative estimate of drug-likeness (QED) is 0.579. The topological polar surface area (TPSA) is 48.9 Å². The Bertz CT molecular complexity index is 386. The van der Waals surface area contributed by atoms with E-state index in [2.05, 4.69) is 27.4 Å². The fourth-order valence-electron chi connectivity index (χ4n) is 4.01. The van der Waals surface area contributed by atoms with Crippen molar-refractivity contribution in [1.82, 2.24) is 15.5 Å². The minimum atomic E-state index is 0.570. The number of nitrogens with one attached hydrogen (secondary N) is 2. The summed E-state index contributed by atoms with van der Waals surface area (Å²) in [6, 6.07) is 1.23. The summed E-state index contributed by atoms with van der Waals surface area (Å²) in [5, 5.41) is 7.24. The van der Waals surface area contributed by atoms with Gasteiger partial charge in [-0.05, 0) is 43.9 Å². The lowest BCUT2D eigenvalue weighted by molar-refractivity contribution is 0.150. The molecule has 3 atom stereocenters. The highest BCUT2D eigenvalue weighted by Crippen LogP contribution is 2.34. The van der Waals surface area contributed by atoms with Crippen LogP contribution in [0.1, 0.15) is 45.4 Å². The summed E-state index contributed by atoms with van der Waals surface area (Å²) in [5.74, 6) is 2.64. The van der Waals surface area contributed by atoms with Gasteiger partial charge in [0.2, 0.25) is 0 Å². The van der Waals surface area contributed by atoms with Gasteiger partial charge in [0, 0.05) is 45.4 Å². The van der Waals surface area contributed by atoms with Crippen LogP contribution in [0.3, 0.4) is 0 Å². The van der Waals surface area contributed by atoms with Gasteiger partial charge >= 0.3 is 0 Å². The molecule has 3 unspecified atom stereocenters. The van der Waals surface area contributed by atoms with Gasteiger partial charge in [-0.15, -0.1) is 0 Å². The zero-order valence-electron chi connectivity index (χ0n) is 14.9. The van der Waals surface area contributed by atoms with Crippen molar-refractivity contribution in [3.63, 3.8) is 0 Å². The maximum Gasteiger partial charge on any atom is 0.191 e. The molecule has 0 amide bonds. The van der Waals surface area contributed by atoms with Crippen LogP contribution in [-0.2, 0) is 4.74 Å². The maximum absolute atomic E-state index is 5.49. The van der Waals surface area contributed by atoms with E-state index in [0.29, 0.717) is 12.1 Å². The first kappa shape index (κ1) is 17.0. The van der Waals surface area contributed by atoms with E-state index in [1.54, 1.807) is 0 Å². The molecule has 0 aromatic rings. The molecule has 2 aliphatic heterocycles. The van der Waals surface area contributed by atoms with Gasteiger partial charge in [0.25, 0.3) is 0 Å². The highest BCUT2D eigenvalue weighted by atomic mass is 16.5. The molecule has 0 spiro atoms. The zero-order chi connectivity index (χ0) is 16.1. The average molecular weight is 322 g/mol. The number of guanidine groups is 1. The second-order valence-electron chi connectivity index (χ2n) is 7.56. The Morgan fingerprint density at radius 3 is 2.70 bits per heavy atom. The van der Waals surface area contributed by atoms with Crippen LogP contribution in [0, 0.1) is 11.8 Å². The van der Waals surface area contributed by atoms with E-state index < -0.39 is 0 Å². The molecule has 5 heteroatoms. The van der Waals surface area contributed by atoms with Crippen molar-refractivity contribution >= 4 is 5.96 Å². The lowest BCUT2D eigenvalue weighted by Gasteiger charge is -2.34. The number of ether oxygens (including phenoxy) is 1. The second-order valence-corrected chi connectivity index (χ2v) is 7.56. The Morgan fingerprint density at radius 1 is 1.22 bits per heavy atom. The first-order valence-electron chi connectivity index (χ1n) is 9.58. The summed E-state index contributed by atoms with van der Waals surface area (Å²) >= 11 is 0. The lowest BCUT2D eigenvalue weighted by atomic mass is 10.0. The molecule has 0 aromatic carbocycles. The Balaban J connectivity index is 1.34. The number of rotatable bonds is 6. The van der Waals surface area contributed by atoms with E-state index >= 15 is 0 Å². The first-order valence-corrected chi connectivity index (χ1v) is 9.58. The largest absolute Gasteiger partial charge is 0.381 e. The van der Waals surface area contributed by atoms with Crippen molar-refractivity contribution in [2.45, 2.75) is 57.5 Å². The van der Waals surface area contributed by atoms with Crippen LogP contribution in [0.4, 0.5) is 0 Å². The zero-order valence-corrected chi connectivity index (χ0v) is 14.9. The van der Waals surface area contributed by atoms with E-state index in [1.807, 2.05) is 7.05 Å². The summed E-state index contributed by atoms with van der Waals surface area (Å²) in [7, 11) is 1.89. The summed E-state index contributed by atoms with van der Waals surface area (Å²) in [5.41, 5.74) is 0. The summed E-state index contributed by atoms with van der Waals surface area (Å²) in [4.78, 5) is 7.04. The van der Waals surface area contributed by atoms with Crippen molar-refractivity contribution in [1.29, 1.82) is 0 Å². The molecule has 5 nitrogen and oxygen atoms in total. The summed E-state index contributed by atoms with van der Waals surface area (Å²) < 4.78 is 5.49. The molecule has 3 aliphatic rings. The van der Waals surface area contributed by atoms with E-state index in [9.17, 15) is 0 Å². The second kappa shape index (κ2) is 8.34. The molecule has 23 heavy (non-hydrogen) atoms. The van der Waals surface area contributed by atoms with Crippen LogP contribution in [-0.4, -0.2) is 62.8 Å². The SMILES string of the molecule is CCCC1CC1NC(=NC)NC1CCN(CC2CCOC2)CC1. The Morgan fingerprint density at radius 2 is 2.04 bits per heavy atom. The highest BCUT2D eigenvalue weighted by Gasteiger charge is 2.36. The molecule has 2 N–H and O–H groups in total. The molecular weight excluding hydrogens is 288 g/mol. The average Bonchev–Trinajstić information content (AvgIpc) is 3.08. The normalized spacial score (nSPS) is 33.0. The van der Waals surface area contributed by atoms with Crippen LogP contribution in [0.25, 0.3) is 0 Å². The molecule has 0 radical (unpaired) electrons. The van der Waals surface area contributed by atoms with Gasteiger partial charge in [0.15, 0.2) is 5.96 Å². The minimum absolute atomic E-state index is 0.570. The molecule has 0 aromatic heterocycles. The van der Waals surface area contributed by atoms with Gasteiger partial charge in [-0.3, -0.25) is 4.99 Å². The fraction of sp³-hybridized carbons (Fsp3) is 0.944. The smallest absolute Gasteiger partial charge is 0.191 e. The van der Waals surface area contributed by atoms with Gasteiger partial charge in [-0.25, -0.2) is 0 Å². The van der Waals surface area contributed by atoms with Crippen molar-refractivity contribution in [2.75, 3.05) is 39.9 Å². The number of aliphatic imine (C=N–C) groups is 1. The number of piperidine rings is 1.